The number of rotatable bonds is 5. The number of aromatic amines is 1. The molecular weight excluding hydrogens is 226 g/mol. The summed E-state index contributed by atoms with van der Waals surface area (Å²) >= 11 is 0. The largest absolute Gasteiger partial charge is 0.477 e. The van der Waals surface area contributed by atoms with Crippen molar-refractivity contribution in [3.8, 4) is 5.88 Å². The average Bonchev–Trinajstić information content (AvgIpc) is 2.77. The lowest BCUT2D eigenvalue weighted by Gasteiger charge is -2.08. The van der Waals surface area contributed by atoms with Crippen molar-refractivity contribution in [2.75, 3.05) is 6.61 Å². The summed E-state index contributed by atoms with van der Waals surface area (Å²) in [6, 6.07) is 0. The van der Waals surface area contributed by atoms with Crippen LogP contribution >= 0.6 is 0 Å². The fourth-order valence-electron chi connectivity index (χ4n) is 1.76. The van der Waals surface area contributed by atoms with E-state index < -0.39 is 0 Å². The van der Waals surface area contributed by atoms with E-state index in [0.29, 0.717) is 18.4 Å². The zero-order valence-corrected chi connectivity index (χ0v) is 11.1. The minimum atomic E-state index is 0.480. The second-order valence-electron chi connectivity index (χ2n) is 4.69. The molecule has 0 spiro atoms. The molecule has 0 radical (unpaired) electrons. The Labute approximate surface area is 107 Å². The Bertz CT molecular complexity index is 543. The lowest BCUT2D eigenvalue weighted by molar-refractivity contribution is 0.264. The zero-order valence-electron chi connectivity index (χ0n) is 11.1. The Morgan fingerprint density at radius 3 is 2.94 bits per heavy atom. The first-order valence-electron chi connectivity index (χ1n) is 6.27. The van der Waals surface area contributed by atoms with Gasteiger partial charge in [0.25, 0.3) is 0 Å². The van der Waals surface area contributed by atoms with Crippen LogP contribution in [-0.4, -0.2) is 21.6 Å². The summed E-state index contributed by atoms with van der Waals surface area (Å²) < 4.78 is 5.76. The molecule has 2 aromatic heterocycles. The Hall–Kier alpha value is -1.84. The van der Waals surface area contributed by atoms with Gasteiger partial charge in [-0.3, -0.25) is 0 Å². The molecule has 2 aromatic rings. The Kier molecular flexibility index (Phi) is 3.97. The molecule has 18 heavy (non-hydrogen) atoms. The quantitative estimate of drug-likeness (QED) is 0.823. The van der Waals surface area contributed by atoms with E-state index in [1.807, 2.05) is 19.2 Å². The molecule has 0 fully saturated rings. The fourth-order valence-corrected chi connectivity index (χ4v) is 1.76. The van der Waals surface area contributed by atoms with Gasteiger partial charge in [-0.15, -0.1) is 0 Å². The highest BCUT2D eigenvalue weighted by Crippen LogP contribution is 2.26. The molecule has 4 heteroatoms. The van der Waals surface area contributed by atoms with Crippen LogP contribution in [0.15, 0.2) is 24.7 Å². The zero-order chi connectivity index (χ0) is 13.0. The van der Waals surface area contributed by atoms with Gasteiger partial charge in [0, 0.05) is 6.20 Å². The maximum atomic E-state index is 5.76. The average molecular weight is 245 g/mol. The van der Waals surface area contributed by atoms with E-state index in [1.165, 1.54) is 11.9 Å². The summed E-state index contributed by atoms with van der Waals surface area (Å²) in [5, 5.41) is 0.997. The summed E-state index contributed by atoms with van der Waals surface area (Å²) in [7, 11) is 0. The molecule has 1 N–H and O–H groups in total. The highest BCUT2D eigenvalue weighted by atomic mass is 16.5. The fraction of sp³-hybridized carbons (Fsp3) is 0.429. The van der Waals surface area contributed by atoms with Crippen LogP contribution in [0, 0.1) is 5.92 Å². The van der Waals surface area contributed by atoms with Crippen LogP contribution in [0.4, 0.5) is 0 Å². The number of nitrogens with zero attached hydrogens (tertiary/aromatic N) is 2. The van der Waals surface area contributed by atoms with Crippen LogP contribution in [0.3, 0.4) is 0 Å². The Morgan fingerprint density at radius 2 is 2.22 bits per heavy atom. The van der Waals surface area contributed by atoms with Crippen molar-refractivity contribution in [2.24, 2.45) is 5.92 Å². The van der Waals surface area contributed by atoms with Crippen molar-refractivity contribution in [1.82, 2.24) is 15.0 Å². The molecule has 96 valence electrons. The molecule has 0 aliphatic rings. The van der Waals surface area contributed by atoms with Crippen LogP contribution in [-0.2, 0) is 6.42 Å². The topological polar surface area (TPSA) is 50.8 Å². The van der Waals surface area contributed by atoms with Crippen LogP contribution in [0.5, 0.6) is 5.88 Å². The summed E-state index contributed by atoms with van der Waals surface area (Å²) in [4.78, 5) is 11.6. The molecule has 0 saturated carbocycles. The smallest absolute Gasteiger partial charge is 0.226 e. The molecule has 0 aliphatic carbocycles. The number of nitrogens with one attached hydrogen (secondary N) is 1. The third-order valence-electron chi connectivity index (χ3n) is 2.64. The third-order valence-corrected chi connectivity index (χ3v) is 2.64. The van der Waals surface area contributed by atoms with Crippen molar-refractivity contribution < 1.29 is 4.74 Å². The molecule has 2 rings (SSSR count). The molecule has 2 heterocycles. The van der Waals surface area contributed by atoms with Gasteiger partial charge >= 0.3 is 0 Å². The molecule has 4 nitrogen and oxygen atoms in total. The molecule has 0 bridgehead atoms. The van der Waals surface area contributed by atoms with Gasteiger partial charge < -0.3 is 9.72 Å². The van der Waals surface area contributed by atoms with Crippen molar-refractivity contribution in [2.45, 2.75) is 27.2 Å². The molecule has 0 atom stereocenters. The van der Waals surface area contributed by atoms with E-state index in [1.54, 1.807) is 0 Å². The van der Waals surface area contributed by atoms with Gasteiger partial charge in [-0.2, -0.15) is 0 Å². The molecule has 0 amide bonds. The van der Waals surface area contributed by atoms with Crippen LogP contribution in [0.25, 0.3) is 11.0 Å². The standard InChI is InChI=1S/C14H19N3O/c1-4-5-6-11-7-15-13-12(11)14(17-9-16-13)18-8-10(2)3/h4-5,7,9-10H,6,8H2,1-3H3,(H,15,16,17)/b5-4+. The second kappa shape index (κ2) is 5.67. The van der Waals surface area contributed by atoms with Crippen molar-refractivity contribution in [3.63, 3.8) is 0 Å². The first-order valence-corrected chi connectivity index (χ1v) is 6.27. The summed E-state index contributed by atoms with van der Waals surface area (Å²) in [6.07, 6.45) is 8.52. The molecule has 0 aromatic carbocycles. The predicted molar refractivity (Wildman–Crippen MR) is 72.7 cm³/mol. The number of H-pyrrole nitrogens is 1. The number of fused-ring (bicyclic) bond motifs is 1. The molecular formula is C14H19N3O. The van der Waals surface area contributed by atoms with Crippen LogP contribution in [0.2, 0.25) is 0 Å². The maximum Gasteiger partial charge on any atom is 0.226 e. The van der Waals surface area contributed by atoms with E-state index in [-0.39, 0.29) is 0 Å². The molecule has 0 aliphatic heterocycles. The van der Waals surface area contributed by atoms with Gasteiger partial charge in [0.2, 0.25) is 5.88 Å². The predicted octanol–water partition coefficient (Wildman–Crippen LogP) is 3.11. The number of ether oxygens (including phenoxy) is 1. The van der Waals surface area contributed by atoms with E-state index >= 15 is 0 Å². The summed E-state index contributed by atoms with van der Waals surface area (Å²) in [6.45, 7) is 6.92. The monoisotopic (exact) mass is 245 g/mol. The Morgan fingerprint density at radius 1 is 1.39 bits per heavy atom. The molecule has 0 saturated heterocycles. The van der Waals surface area contributed by atoms with Crippen molar-refractivity contribution in [1.29, 1.82) is 0 Å². The van der Waals surface area contributed by atoms with Crippen LogP contribution in [0.1, 0.15) is 26.3 Å². The summed E-state index contributed by atoms with van der Waals surface area (Å²) in [5.41, 5.74) is 2.01. The minimum absolute atomic E-state index is 0.480. The maximum absolute atomic E-state index is 5.76. The minimum Gasteiger partial charge on any atom is -0.477 e. The lowest BCUT2D eigenvalue weighted by atomic mass is 10.1. The lowest BCUT2D eigenvalue weighted by Crippen LogP contribution is -2.06. The van der Waals surface area contributed by atoms with E-state index in [2.05, 4.69) is 34.9 Å². The highest BCUT2D eigenvalue weighted by Gasteiger charge is 2.11. The third kappa shape index (κ3) is 2.70. The SMILES string of the molecule is C/C=C/Cc1c[nH]c2ncnc(OCC(C)C)c12. The van der Waals surface area contributed by atoms with Crippen LogP contribution < -0.4 is 4.74 Å². The van der Waals surface area contributed by atoms with E-state index in [9.17, 15) is 0 Å². The Balaban J connectivity index is 2.35. The van der Waals surface area contributed by atoms with E-state index in [0.717, 1.165) is 17.5 Å². The molecule has 0 unspecified atom stereocenters. The second-order valence-corrected chi connectivity index (χ2v) is 4.69. The van der Waals surface area contributed by atoms with Gasteiger partial charge in [-0.25, -0.2) is 9.97 Å². The number of allylic oxidation sites excluding steroid dienone is 2. The van der Waals surface area contributed by atoms with Gasteiger partial charge in [-0.1, -0.05) is 26.0 Å². The summed E-state index contributed by atoms with van der Waals surface area (Å²) in [5.74, 6) is 1.15. The van der Waals surface area contributed by atoms with Gasteiger partial charge in [0.15, 0.2) is 0 Å². The van der Waals surface area contributed by atoms with Gasteiger partial charge in [0.1, 0.15) is 12.0 Å². The number of aromatic nitrogens is 3. The van der Waals surface area contributed by atoms with E-state index in [4.69, 9.17) is 4.74 Å². The first kappa shape index (κ1) is 12.6. The van der Waals surface area contributed by atoms with Crippen molar-refractivity contribution in [3.05, 3.63) is 30.2 Å². The van der Waals surface area contributed by atoms with Gasteiger partial charge in [0.05, 0.1) is 12.0 Å². The number of hydrogen-bond acceptors (Lipinski definition) is 3. The van der Waals surface area contributed by atoms with Gasteiger partial charge in [-0.05, 0) is 24.8 Å². The number of hydrogen-bond donors (Lipinski definition) is 1. The highest BCUT2D eigenvalue weighted by molar-refractivity contribution is 5.84. The first-order chi connectivity index (χ1) is 8.72. The normalized spacial score (nSPS) is 11.8. The van der Waals surface area contributed by atoms with Crippen molar-refractivity contribution >= 4 is 11.0 Å².